The van der Waals surface area contributed by atoms with Crippen LogP contribution < -0.4 is 4.90 Å². The minimum atomic E-state index is 0.101. The average molecular weight is 298 g/mol. The van der Waals surface area contributed by atoms with E-state index in [9.17, 15) is 5.11 Å². The molecular formula is C14H20BrNO. The van der Waals surface area contributed by atoms with Crippen molar-refractivity contribution >= 4 is 21.6 Å². The molecule has 1 N–H and O–H groups in total. The highest BCUT2D eigenvalue weighted by Gasteiger charge is 2.18. The van der Waals surface area contributed by atoms with Crippen molar-refractivity contribution in [3.05, 3.63) is 28.2 Å². The molecule has 2 rings (SSSR count). The Kier molecular flexibility index (Phi) is 4.46. The number of aliphatic hydroxyl groups is 1. The smallest absolute Gasteiger partial charge is 0.0702 e. The van der Waals surface area contributed by atoms with Gasteiger partial charge in [0, 0.05) is 29.3 Å². The topological polar surface area (TPSA) is 23.5 Å². The van der Waals surface area contributed by atoms with Crippen molar-refractivity contribution in [2.24, 2.45) is 5.92 Å². The summed E-state index contributed by atoms with van der Waals surface area (Å²) in [4.78, 5) is 2.29. The van der Waals surface area contributed by atoms with Gasteiger partial charge in [0.25, 0.3) is 0 Å². The van der Waals surface area contributed by atoms with Crippen LogP contribution in [0.15, 0.2) is 22.7 Å². The Labute approximate surface area is 112 Å². The van der Waals surface area contributed by atoms with Crippen LogP contribution in [0.4, 0.5) is 5.69 Å². The highest BCUT2D eigenvalue weighted by Crippen LogP contribution is 2.29. The van der Waals surface area contributed by atoms with E-state index >= 15 is 0 Å². The van der Waals surface area contributed by atoms with Crippen LogP contribution in [0.1, 0.15) is 31.2 Å². The Morgan fingerprint density at radius 2 is 2.06 bits per heavy atom. The lowest BCUT2D eigenvalue weighted by molar-refractivity contribution is 0.282. The van der Waals surface area contributed by atoms with Crippen molar-refractivity contribution in [1.82, 2.24) is 0 Å². The van der Waals surface area contributed by atoms with Gasteiger partial charge in [-0.1, -0.05) is 28.8 Å². The van der Waals surface area contributed by atoms with Crippen molar-refractivity contribution in [2.45, 2.75) is 32.3 Å². The summed E-state index contributed by atoms with van der Waals surface area (Å²) >= 11 is 3.44. The maximum absolute atomic E-state index is 9.41. The van der Waals surface area contributed by atoms with Crippen LogP contribution >= 0.6 is 15.9 Å². The van der Waals surface area contributed by atoms with E-state index in [1.54, 1.807) is 0 Å². The van der Waals surface area contributed by atoms with Gasteiger partial charge in [-0.3, -0.25) is 0 Å². The quantitative estimate of drug-likeness (QED) is 0.918. The predicted molar refractivity (Wildman–Crippen MR) is 75.3 cm³/mol. The van der Waals surface area contributed by atoms with Crippen LogP contribution in [0, 0.1) is 5.92 Å². The van der Waals surface area contributed by atoms with E-state index in [4.69, 9.17) is 0 Å². The second kappa shape index (κ2) is 5.87. The summed E-state index contributed by atoms with van der Waals surface area (Å²) < 4.78 is 1.03. The lowest BCUT2D eigenvalue weighted by Gasteiger charge is -2.25. The van der Waals surface area contributed by atoms with Gasteiger partial charge in [0.05, 0.1) is 6.61 Å². The fourth-order valence-corrected chi connectivity index (χ4v) is 3.14. The lowest BCUT2D eigenvalue weighted by atomic mass is 10.1. The molecule has 3 heteroatoms. The molecule has 1 fully saturated rings. The van der Waals surface area contributed by atoms with Crippen molar-refractivity contribution in [3.63, 3.8) is 0 Å². The summed E-state index contributed by atoms with van der Waals surface area (Å²) in [5.74, 6) is 0.829. The molecule has 0 aromatic heterocycles. The van der Waals surface area contributed by atoms with E-state index in [1.165, 1.54) is 25.7 Å². The Morgan fingerprint density at radius 1 is 1.35 bits per heavy atom. The van der Waals surface area contributed by atoms with Gasteiger partial charge >= 0.3 is 0 Å². The van der Waals surface area contributed by atoms with Gasteiger partial charge in [0.15, 0.2) is 0 Å². The van der Waals surface area contributed by atoms with Gasteiger partial charge in [-0.2, -0.15) is 0 Å². The molecule has 0 radical (unpaired) electrons. The summed E-state index contributed by atoms with van der Waals surface area (Å²) in [5, 5.41) is 9.41. The number of aliphatic hydroxyl groups excluding tert-OH is 1. The van der Waals surface area contributed by atoms with E-state index < -0.39 is 0 Å². The Hall–Kier alpha value is -0.540. The molecule has 2 nitrogen and oxygen atoms in total. The van der Waals surface area contributed by atoms with Crippen molar-refractivity contribution in [2.75, 3.05) is 18.5 Å². The molecule has 1 aromatic rings. The predicted octanol–water partition coefficient (Wildman–Crippen LogP) is 3.57. The summed E-state index contributed by atoms with van der Waals surface area (Å²) in [6.07, 6.45) is 5.47. The number of hydrogen-bond acceptors (Lipinski definition) is 2. The average Bonchev–Trinajstić information content (AvgIpc) is 2.81. The minimum absolute atomic E-state index is 0.101. The second-order valence-corrected chi connectivity index (χ2v) is 5.88. The number of nitrogens with zero attached hydrogens (tertiary/aromatic N) is 1. The zero-order valence-electron chi connectivity index (χ0n) is 10.3. The SMILES string of the molecule is CN(CC1CCCC1)c1ccc(Br)cc1CO. The van der Waals surface area contributed by atoms with E-state index in [-0.39, 0.29) is 6.61 Å². The van der Waals surface area contributed by atoms with Crippen LogP contribution in [0.2, 0.25) is 0 Å². The van der Waals surface area contributed by atoms with Crippen molar-refractivity contribution < 1.29 is 5.11 Å². The molecule has 1 aliphatic carbocycles. The first-order valence-electron chi connectivity index (χ1n) is 6.31. The molecule has 1 aliphatic rings. The standard InChI is InChI=1S/C14H20BrNO/c1-16(9-11-4-2-3-5-11)14-7-6-13(15)8-12(14)10-17/h6-8,11,17H,2-5,9-10H2,1H3. The molecule has 0 amide bonds. The van der Waals surface area contributed by atoms with Crippen LogP contribution in [-0.2, 0) is 6.61 Å². The number of rotatable bonds is 4. The van der Waals surface area contributed by atoms with E-state index in [2.05, 4.69) is 33.9 Å². The van der Waals surface area contributed by atoms with Crippen molar-refractivity contribution in [3.8, 4) is 0 Å². The highest BCUT2D eigenvalue weighted by molar-refractivity contribution is 9.10. The largest absolute Gasteiger partial charge is 0.392 e. The van der Waals surface area contributed by atoms with Gasteiger partial charge in [-0.25, -0.2) is 0 Å². The second-order valence-electron chi connectivity index (χ2n) is 4.96. The van der Waals surface area contributed by atoms with Crippen molar-refractivity contribution in [1.29, 1.82) is 0 Å². The maximum Gasteiger partial charge on any atom is 0.0702 e. The fourth-order valence-electron chi connectivity index (χ4n) is 2.73. The Morgan fingerprint density at radius 3 is 2.71 bits per heavy atom. The summed E-state index contributed by atoms with van der Waals surface area (Å²) in [7, 11) is 2.13. The number of anilines is 1. The molecule has 1 aromatic carbocycles. The Bertz CT molecular complexity index is 374. The van der Waals surface area contributed by atoms with E-state index in [1.807, 2.05) is 12.1 Å². The third-order valence-electron chi connectivity index (χ3n) is 3.63. The molecule has 0 atom stereocenters. The number of hydrogen-bond donors (Lipinski definition) is 1. The Balaban J connectivity index is 2.09. The lowest BCUT2D eigenvalue weighted by Crippen LogP contribution is -2.25. The first-order chi connectivity index (χ1) is 8.20. The normalized spacial score (nSPS) is 16.4. The molecular weight excluding hydrogens is 278 g/mol. The third kappa shape index (κ3) is 3.23. The third-order valence-corrected chi connectivity index (χ3v) is 4.12. The zero-order chi connectivity index (χ0) is 12.3. The zero-order valence-corrected chi connectivity index (χ0v) is 11.9. The first kappa shape index (κ1) is 12.9. The maximum atomic E-state index is 9.41. The van der Waals surface area contributed by atoms with Crippen LogP contribution in [-0.4, -0.2) is 18.7 Å². The van der Waals surface area contributed by atoms with Gasteiger partial charge in [-0.05, 0) is 37.0 Å². The monoisotopic (exact) mass is 297 g/mol. The van der Waals surface area contributed by atoms with Gasteiger partial charge in [0.1, 0.15) is 0 Å². The van der Waals surface area contributed by atoms with Gasteiger partial charge in [0.2, 0.25) is 0 Å². The molecule has 1 saturated carbocycles. The molecule has 0 aliphatic heterocycles. The first-order valence-corrected chi connectivity index (χ1v) is 7.10. The molecule has 0 unspecified atom stereocenters. The summed E-state index contributed by atoms with van der Waals surface area (Å²) in [6.45, 7) is 1.21. The fraction of sp³-hybridized carbons (Fsp3) is 0.571. The molecule has 0 bridgehead atoms. The summed E-state index contributed by atoms with van der Waals surface area (Å²) in [6, 6.07) is 6.13. The molecule has 0 saturated heterocycles. The molecule has 17 heavy (non-hydrogen) atoms. The molecule has 94 valence electrons. The van der Waals surface area contributed by atoms with E-state index in [0.29, 0.717) is 0 Å². The van der Waals surface area contributed by atoms with Crippen LogP contribution in [0.3, 0.4) is 0 Å². The highest BCUT2D eigenvalue weighted by atomic mass is 79.9. The van der Waals surface area contributed by atoms with Gasteiger partial charge < -0.3 is 10.0 Å². The number of halogens is 1. The van der Waals surface area contributed by atoms with Gasteiger partial charge in [-0.15, -0.1) is 0 Å². The van der Waals surface area contributed by atoms with E-state index in [0.717, 1.165) is 28.2 Å². The number of benzene rings is 1. The van der Waals surface area contributed by atoms with Crippen LogP contribution in [0.25, 0.3) is 0 Å². The van der Waals surface area contributed by atoms with Crippen LogP contribution in [0.5, 0.6) is 0 Å². The minimum Gasteiger partial charge on any atom is -0.392 e. The molecule has 0 heterocycles. The molecule has 0 spiro atoms. The summed E-state index contributed by atoms with van der Waals surface area (Å²) in [5.41, 5.74) is 2.16.